The summed E-state index contributed by atoms with van der Waals surface area (Å²) in [6, 6.07) is 83.4. The molecule has 0 fully saturated rings. The Morgan fingerprint density at radius 3 is 0.918 bits per heavy atom. The van der Waals surface area contributed by atoms with Gasteiger partial charge in [-0.05, 0) is 103 Å². The summed E-state index contributed by atoms with van der Waals surface area (Å²) in [5, 5.41) is 0. The molecule has 8 aromatic carbocycles. The van der Waals surface area contributed by atoms with Crippen LogP contribution < -0.4 is 0 Å². The third kappa shape index (κ3) is 5.64. The highest BCUT2D eigenvalue weighted by Gasteiger charge is 2.51. The van der Waals surface area contributed by atoms with Gasteiger partial charge in [-0.25, -0.2) is 9.97 Å². The van der Waals surface area contributed by atoms with Crippen molar-refractivity contribution in [2.24, 2.45) is 0 Å². The summed E-state index contributed by atoms with van der Waals surface area (Å²) < 4.78 is 0. The summed E-state index contributed by atoms with van der Waals surface area (Å²) in [6.07, 6.45) is 0. The van der Waals surface area contributed by atoms with Crippen molar-refractivity contribution in [2.45, 2.75) is 5.41 Å². The first-order valence-corrected chi connectivity index (χ1v) is 21.0. The Morgan fingerprint density at radius 2 is 0.525 bits per heavy atom. The highest BCUT2D eigenvalue weighted by molar-refractivity contribution is 5.97. The number of hydrogen-bond donors (Lipinski definition) is 0. The molecule has 0 saturated carbocycles. The van der Waals surface area contributed by atoms with Crippen LogP contribution in [0.2, 0.25) is 0 Å². The van der Waals surface area contributed by atoms with Gasteiger partial charge in [-0.15, -0.1) is 0 Å². The van der Waals surface area contributed by atoms with Crippen LogP contribution in [0, 0.1) is 0 Å². The molecule has 2 heteroatoms. The lowest BCUT2D eigenvalue weighted by molar-refractivity contribution is 0.794. The highest BCUT2D eigenvalue weighted by Crippen LogP contribution is 2.63. The monoisotopic (exact) mass is 774 g/mol. The first-order valence-electron chi connectivity index (χ1n) is 21.0. The number of fused-ring (bicyclic) bond motifs is 10. The van der Waals surface area contributed by atoms with Crippen LogP contribution in [0.3, 0.4) is 0 Å². The Hall–Kier alpha value is -7.94. The van der Waals surface area contributed by atoms with Crippen LogP contribution in [0.4, 0.5) is 0 Å². The molecule has 12 rings (SSSR count). The van der Waals surface area contributed by atoms with Gasteiger partial charge >= 0.3 is 0 Å². The van der Waals surface area contributed by atoms with Gasteiger partial charge in [-0.3, -0.25) is 0 Å². The number of nitrogens with zero attached hydrogens (tertiary/aromatic N) is 2. The van der Waals surface area contributed by atoms with E-state index in [1.165, 1.54) is 55.6 Å². The molecule has 2 aliphatic carbocycles. The second kappa shape index (κ2) is 14.1. The summed E-state index contributed by atoms with van der Waals surface area (Å²) >= 11 is 0. The molecule has 2 nitrogen and oxygen atoms in total. The number of benzene rings is 8. The minimum atomic E-state index is -0.553. The molecule has 61 heavy (non-hydrogen) atoms. The van der Waals surface area contributed by atoms with E-state index in [0.29, 0.717) is 0 Å². The third-order valence-electron chi connectivity index (χ3n) is 12.7. The zero-order valence-corrected chi connectivity index (χ0v) is 33.3. The zero-order valence-electron chi connectivity index (χ0n) is 33.3. The van der Waals surface area contributed by atoms with Gasteiger partial charge in [0.1, 0.15) is 0 Å². The van der Waals surface area contributed by atoms with Gasteiger partial charge in [-0.1, -0.05) is 194 Å². The quantitative estimate of drug-likeness (QED) is 0.168. The van der Waals surface area contributed by atoms with Gasteiger partial charge in [0.2, 0.25) is 0 Å². The maximum absolute atomic E-state index is 5.39. The normalized spacial score (nSPS) is 12.7. The molecule has 0 radical (unpaired) electrons. The van der Waals surface area contributed by atoms with E-state index in [9.17, 15) is 0 Å². The van der Waals surface area contributed by atoms with Crippen molar-refractivity contribution in [1.29, 1.82) is 0 Å². The average molecular weight is 775 g/mol. The van der Waals surface area contributed by atoms with Gasteiger partial charge in [0.05, 0.1) is 28.2 Å². The lowest BCUT2D eigenvalue weighted by Gasteiger charge is -2.31. The van der Waals surface area contributed by atoms with Crippen LogP contribution in [-0.2, 0) is 5.41 Å². The van der Waals surface area contributed by atoms with Crippen molar-refractivity contribution in [1.82, 2.24) is 9.97 Å². The molecule has 0 atom stereocenters. The topological polar surface area (TPSA) is 25.8 Å². The van der Waals surface area contributed by atoms with Crippen molar-refractivity contribution in [3.05, 3.63) is 253 Å². The number of pyridine rings is 2. The van der Waals surface area contributed by atoms with Gasteiger partial charge in [0, 0.05) is 22.3 Å². The van der Waals surface area contributed by atoms with Crippen molar-refractivity contribution in [3.8, 4) is 89.5 Å². The molecular weight excluding hydrogens is 737 g/mol. The molecule has 0 unspecified atom stereocenters. The van der Waals surface area contributed by atoms with E-state index in [-0.39, 0.29) is 0 Å². The van der Waals surface area contributed by atoms with Crippen LogP contribution in [0.1, 0.15) is 22.3 Å². The smallest absolute Gasteiger partial charge is 0.0725 e. The molecule has 10 aromatic rings. The van der Waals surface area contributed by atoms with Crippen molar-refractivity contribution in [2.75, 3.05) is 0 Å². The van der Waals surface area contributed by atoms with Crippen molar-refractivity contribution in [3.63, 3.8) is 0 Å². The van der Waals surface area contributed by atoms with E-state index in [4.69, 9.17) is 9.97 Å². The first-order chi connectivity index (χ1) is 30.2. The Labute approximate surface area is 356 Å². The third-order valence-corrected chi connectivity index (χ3v) is 12.7. The fourth-order valence-corrected chi connectivity index (χ4v) is 9.92. The number of rotatable bonds is 6. The largest absolute Gasteiger partial charge is 0.248 e. The molecule has 2 heterocycles. The highest BCUT2D eigenvalue weighted by atomic mass is 14.7. The summed E-state index contributed by atoms with van der Waals surface area (Å²) in [5.74, 6) is 0. The lowest BCUT2D eigenvalue weighted by atomic mass is 9.70. The van der Waals surface area contributed by atoms with Gasteiger partial charge < -0.3 is 0 Å². The molecule has 0 bridgehead atoms. The molecular formula is C59H38N2. The average Bonchev–Trinajstić information content (AvgIpc) is 3.81. The Kier molecular flexibility index (Phi) is 8.11. The van der Waals surface area contributed by atoms with Crippen LogP contribution in [0.5, 0.6) is 0 Å². The van der Waals surface area contributed by atoms with Gasteiger partial charge in [0.25, 0.3) is 0 Å². The van der Waals surface area contributed by atoms with Crippen molar-refractivity contribution >= 4 is 0 Å². The van der Waals surface area contributed by atoms with Crippen LogP contribution >= 0.6 is 0 Å². The molecule has 1 spiro atoms. The Morgan fingerprint density at radius 1 is 0.213 bits per heavy atom. The molecule has 2 aliphatic rings. The maximum Gasteiger partial charge on any atom is 0.0725 e. The second-order valence-electron chi connectivity index (χ2n) is 16.1. The molecule has 2 aromatic heterocycles. The lowest BCUT2D eigenvalue weighted by Crippen LogP contribution is -2.26. The van der Waals surface area contributed by atoms with E-state index in [1.807, 2.05) is 0 Å². The SMILES string of the molecule is c1ccc(-c2cc(-c3ccccc3)nc(-c3ccc4c(c3)C3(c5ccccc5-c5ccccc53)c3cc(-c5cc(-c6ccccc6)cc(-c6ccccc6)n5)ccc3-4)c2)cc1. The van der Waals surface area contributed by atoms with Crippen LogP contribution in [0.15, 0.2) is 231 Å². The number of hydrogen-bond acceptors (Lipinski definition) is 2. The summed E-state index contributed by atoms with van der Waals surface area (Å²) in [4.78, 5) is 10.8. The van der Waals surface area contributed by atoms with E-state index in [2.05, 4.69) is 231 Å². The molecule has 0 aliphatic heterocycles. The predicted molar refractivity (Wildman–Crippen MR) is 251 cm³/mol. The summed E-state index contributed by atoms with van der Waals surface area (Å²) in [7, 11) is 0. The molecule has 284 valence electrons. The van der Waals surface area contributed by atoms with E-state index in [0.717, 1.165) is 56.2 Å². The van der Waals surface area contributed by atoms with Gasteiger partial charge in [-0.2, -0.15) is 0 Å². The van der Waals surface area contributed by atoms with E-state index >= 15 is 0 Å². The molecule has 0 amide bonds. The fourth-order valence-electron chi connectivity index (χ4n) is 9.92. The minimum Gasteiger partial charge on any atom is -0.248 e. The van der Waals surface area contributed by atoms with E-state index in [1.54, 1.807) is 0 Å². The maximum atomic E-state index is 5.39. The second-order valence-corrected chi connectivity index (χ2v) is 16.1. The zero-order chi connectivity index (χ0) is 40.3. The Bertz CT molecular complexity index is 2940. The minimum absolute atomic E-state index is 0.553. The van der Waals surface area contributed by atoms with Crippen LogP contribution in [-0.4, -0.2) is 9.97 Å². The fraction of sp³-hybridized carbons (Fsp3) is 0.0169. The number of aromatic nitrogens is 2. The van der Waals surface area contributed by atoms with Gasteiger partial charge in [0.15, 0.2) is 0 Å². The summed E-state index contributed by atoms with van der Waals surface area (Å²) in [6.45, 7) is 0. The van der Waals surface area contributed by atoms with Crippen molar-refractivity contribution < 1.29 is 0 Å². The predicted octanol–water partition coefficient (Wildman–Crippen LogP) is 14.8. The standard InChI is InChI=1S/C59H38N2/c1-5-17-39(18-6-1)45-35-55(41-21-9-3-10-22-41)60-57(37-45)43-29-31-49-50-32-30-44(58-38-46(40-19-7-2-8-20-40)36-56(61-58)42-23-11-4-12-24-42)34-54(50)59(53(49)33-43)51-27-15-13-25-47(51)48-26-14-16-28-52(48)59/h1-38H. The first kappa shape index (κ1) is 35.0. The molecule has 0 saturated heterocycles. The molecule has 0 N–H and O–H groups in total. The van der Waals surface area contributed by atoms with E-state index < -0.39 is 5.41 Å². The van der Waals surface area contributed by atoms with Crippen LogP contribution in [0.25, 0.3) is 89.5 Å². The Balaban J connectivity index is 1.10. The summed E-state index contributed by atoms with van der Waals surface area (Å²) in [5.41, 5.74) is 22.5.